The lowest BCUT2D eigenvalue weighted by Gasteiger charge is -2.28. The number of ketones is 1. The van der Waals surface area contributed by atoms with E-state index in [4.69, 9.17) is 4.74 Å². The molecule has 3 amide bonds. The zero-order valence-corrected chi connectivity index (χ0v) is 13.5. The summed E-state index contributed by atoms with van der Waals surface area (Å²) in [6, 6.07) is 7.10. The molecule has 128 valence electrons. The maximum Gasteiger partial charge on any atom is 0.250 e. The molecule has 1 heterocycles. The third kappa shape index (κ3) is 5.27. The van der Waals surface area contributed by atoms with Gasteiger partial charge in [-0.15, -0.1) is 0 Å². The van der Waals surface area contributed by atoms with E-state index in [1.165, 1.54) is 11.8 Å². The molecule has 7 heteroatoms. The number of hydrogen-bond donors (Lipinski definition) is 1. The molecular weight excluding hydrogens is 312 g/mol. The van der Waals surface area contributed by atoms with Gasteiger partial charge >= 0.3 is 0 Å². The minimum absolute atomic E-state index is 0.0834. The average molecular weight is 332 g/mol. The number of nitrogens with zero attached hydrogens (tertiary/aromatic N) is 1. The van der Waals surface area contributed by atoms with Crippen LogP contribution in [0.15, 0.2) is 24.3 Å². The lowest BCUT2D eigenvalue weighted by molar-refractivity contribution is -0.152. The van der Waals surface area contributed by atoms with Crippen LogP contribution >= 0.6 is 0 Å². The number of benzene rings is 1. The van der Waals surface area contributed by atoms with Crippen molar-refractivity contribution >= 4 is 29.2 Å². The van der Waals surface area contributed by atoms with Gasteiger partial charge in [-0.3, -0.25) is 24.1 Å². The maximum absolute atomic E-state index is 11.8. The van der Waals surface area contributed by atoms with Crippen LogP contribution in [0.5, 0.6) is 0 Å². The van der Waals surface area contributed by atoms with Gasteiger partial charge in [0, 0.05) is 25.1 Å². The second-order valence-corrected chi connectivity index (χ2v) is 5.63. The Labute approximate surface area is 140 Å². The van der Waals surface area contributed by atoms with Crippen molar-refractivity contribution in [3.8, 4) is 0 Å². The zero-order chi connectivity index (χ0) is 17.5. The Morgan fingerprint density at radius 3 is 2.42 bits per heavy atom. The lowest BCUT2D eigenvalue weighted by Crippen LogP contribution is -2.47. The van der Waals surface area contributed by atoms with Crippen molar-refractivity contribution in [1.29, 1.82) is 0 Å². The van der Waals surface area contributed by atoms with Crippen molar-refractivity contribution in [2.24, 2.45) is 0 Å². The Balaban J connectivity index is 1.74. The molecule has 1 saturated heterocycles. The molecule has 1 aliphatic rings. The van der Waals surface area contributed by atoms with Gasteiger partial charge < -0.3 is 10.1 Å². The minimum Gasteiger partial charge on any atom is -0.364 e. The number of β-lactam (4-membered cyclic amide) rings is 1. The molecule has 1 aromatic carbocycles. The van der Waals surface area contributed by atoms with E-state index in [1.807, 2.05) is 12.1 Å². The molecule has 0 aliphatic carbocycles. The quantitative estimate of drug-likeness (QED) is 0.715. The molecule has 0 radical (unpaired) electrons. The van der Waals surface area contributed by atoms with Gasteiger partial charge in [-0.25, -0.2) is 0 Å². The van der Waals surface area contributed by atoms with Crippen molar-refractivity contribution in [2.75, 3.05) is 25.1 Å². The molecule has 24 heavy (non-hydrogen) atoms. The molecule has 0 unspecified atom stereocenters. The van der Waals surface area contributed by atoms with Gasteiger partial charge in [0.1, 0.15) is 13.2 Å². The van der Waals surface area contributed by atoms with E-state index in [2.05, 4.69) is 5.32 Å². The highest BCUT2D eigenvalue weighted by Crippen LogP contribution is 2.14. The van der Waals surface area contributed by atoms with E-state index in [-0.39, 0.29) is 43.1 Å². The molecule has 1 N–H and O–H groups in total. The fourth-order valence-corrected chi connectivity index (χ4v) is 2.20. The molecule has 1 aliphatic heterocycles. The highest BCUT2D eigenvalue weighted by atomic mass is 16.5. The van der Waals surface area contributed by atoms with Crippen molar-refractivity contribution in [2.45, 2.75) is 26.2 Å². The summed E-state index contributed by atoms with van der Waals surface area (Å²) in [5.74, 6) is -0.728. The number of aryl methyl sites for hydroxylation is 1. The van der Waals surface area contributed by atoms with Gasteiger partial charge in [0.2, 0.25) is 17.7 Å². The number of carbonyl (C=O) groups excluding carboxylic acids is 4. The first-order valence-corrected chi connectivity index (χ1v) is 7.75. The number of carbonyl (C=O) groups is 4. The molecule has 0 aromatic heterocycles. The summed E-state index contributed by atoms with van der Waals surface area (Å²) in [5.41, 5.74) is 1.56. The molecule has 7 nitrogen and oxygen atoms in total. The van der Waals surface area contributed by atoms with Crippen molar-refractivity contribution in [3.63, 3.8) is 0 Å². The first-order chi connectivity index (χ1) is 11.5. The fraction of sp³-hybridized carbons (Fsp3) is 0.412. The first kappa shape index (κ1) is 17.8. The van der Waals surface area contributed by atoms with Crippen LogP contribution in [0.3, 0.4) is 0 Å². The Hall–Kier alpha value is -2.54. The largest absolute Gasteiger partial charge is 0.364 e. The summed E-state index contributed by atoms with van der Waals surface area (Å²) < 4.78 is 4.93. The summed E-state index contributed by atoms with van der Waals surface area (Å²) in [7, 11) is 0. The van der Waals surface area contributed by atoms with Crippen LogP contribution in [0.25, 0.3) is 0 Å². The standard InChI is InChI=1S/C17H20N2O5/c1-12(20)10-24-11-15(21)18-14-5-2-13(3-6-14)4-7-16(22)19-9-8-17(19)23/h2-3,5-6H,4,7-11H2,1H3,(H,18,21). The van der Waals surface area contributed by atoms with Crippen molar-refractivity contribution < 1.29 is 23.9 Å². The average Bonchev–Trinajstić information content (AvgIpc) is 2.52. The van der Waals surface area contributed by atoms with Crippen molar-refractivity contribution in [3.05, 3.63) is 29.8 Å². The van der Waals surface area contributed by atoms with Crippen molar-refractivity contribution in [1.82, 2.24) is 4.90 Å². The number of rotatable bonds is 8. The summed E-state index contributed by atoms with van der Waals surface area (Å²) in [4.78, 5) is 46.6. The summed E-state index contributed by atoms with van der Waals surface area (Å²) in [5, 5.41) is 2.65. The molecule has 0 bridgehead atoms. The van der Waals surface area contributed by atoms with Gasteiger partial charge in [-0.1, -0.05) is 12.1 Å². The van der Waals surface area contributed by atoms with Crippen LogP contribution in [0.4, 0.5) is 5.69 Å². The fourth-order valence-electron chi connectivity index (χ4n) is 2.20. The maximum atomic E-state index is 11.8. The Morgan fingerprint density at radius 2 is 1.88 bits per heavy atom. The predicted octanol–water partition coefficient (Wildman–Crippen LogP) is 0.922. The predicted molar refractivity (Wildman–Crippen MR) is 86.2 cm³/mol. The van der Waals surface area contributed by atoms with E-state index in [9.17, 15) is 19.2 Å². The SMILES string of the molecule is CC(=O)COCC(=O)Nc1ccc(CCC(=O)N2CCC2=O)cc1. The van der Waals surface area contributed by atoms with Gasteiger partial charge in [-0.05, 0) is 31.0 Å². The van der Waals surface area contributed by atoms with Crippen LogP contribution in [0, 0.1) is 0 Å². The van der Waals surface area contributed by atoms with Gasteiger partial charge in [0.05, 0.1) is 0 Å². The highest BCUT2D eigenvalue weighted by molar-refractivity contribution is 5.99. The van der Waals surface area contributed by atoms with Gasteiger partial charge in [0.25, 0.3) is 0 Å². The molecular formula is C17H20N2O5. The van der Waals surface area contributed by atoms with E-state index < -0.39 is 0 Å². The van der Waals surface area contributed by atoms with E-state index in [0.29, 0.717) is 25.1 Å². The highest BCUT2D eigenvalue weighted by Gasteiger charge is 2.29. The number of likely N-dealkylation sites (tertiary alicyclic amines) is 1. The lowest BCUT2D eigenvalue weighted by atomic mass is 10.1. The molecule has 0 atom stereocenters. The Kier molecular flexibility index (Phi) is 6.20. The number of hydrogen-bond acceptors (Lipinski definition) is 5. The number of imide groups is 1. The topological polar surface area (TPSA) is 92.8 Å². The smallest absolute Gasteiger partial charge is 0.250 e. The van der Waals surface area contributed by atoms with Gasteiger partial charge in [-0.2, -0.15) is 0 Å². The number of ether oxygens (including phenoxy) is 1. The minimum atomic E-state index is -0.338. The number of nitrogens with one attached hydrogen (secondary N) is 1. The molecule has 0 spiro atoms. The monoisotopic (exact) mass is 332 g/mol. The Bertz CT molecular complexity index is 639. The summed E-state index contributed by atoms with van der Waals surface area (Å²) in [6.45, 7) is 1.65. The normalized spacial score (nSPS) is 13.4. The van der Waals surface area contributed by atoms with E-state index in [1.54, 1.807) is 12.1 Å². The van der Waals surface area contributed by atoms with Crippen LogP contribution < -0.4 is 5.32 Å². The van der Waals surface area contributed by atoms with Crippen LogP contribution in [-0.2, 0) is 30.3 Å². The van der Waals surface area contributed by atoms with Crippen LogP contribution in [0.2, 0.25) is 0 Å². The zero-order valence-electron chi connectivity index (χ0n) is 13.5. The van der Waals surface area contributed by atoms with Gasteiger partial charge in [0.15, 0.2) is 5.78 Å². The number of anilines is 1. The first-order valence-electron chi connectivity index (χ1n) is 7.75. The Morgan fingerprint density at radius 1 is 1.17 bits per heavy atom. The third-order valence-electron chi connectivity index (χ3n) is 3.56. The molecule has 1 fully saturated rings. The van der Waals surface area contributed by atoms with E-state index in [0.717, 1.165) is 5.56 Å². The summed E-state index contributed by atoms with van der Waals surface area (Å²) >= 11 is 0. The molecule has 1 aromatic rings. The van der Waals surface area contributed by atoms with Crippen LogP contribution in [-0.4, -0.2) is 48.2 Å². The number of amides is 3. The third-order valence-corrected chi connectivity index (χ3v) is 3.56. The van der Waals surface area contributed by atoms with Crippen LogP contribution in [0.1, 0.15) is 25.3 Å². The second-order valence-electron chi connectivity index (χ2n) is 5.63. The summed E-state index contributed by atoms with van der Waals surface area (Å²) in [6.07, 6.45) is 1.28. The molecule has 0 saturated carbocycles. The molecule has 2 rings (SSSR count). The van der Waals surface area contributed by atoms with E-state index >= 15 is 0 Å². The second kappa shape index (κ2) is 8.35. The number of Topliss-reactive ketones (excluding diaryl/α,β-unsaturated/α-hetero) is 1.